The third-order valence-electron chi connectivity index (χ3n) is 5.08. The highest BCUT2D eigenvalue weighted by Crippen LogP contribution is 2.34. The molecular weight excluding hydrogens is 374 g/mol. The molecule has 0 radical (unpaired) electrons. The summed E-state index contributed by atoms with van der Waals surface area (Å²) in [6, 6.07) is 7.09. The molecule has 138 valence electrons. The topological polar surface area (TPSA) is 81.1 Å². The van der Waals surface area contributed by atoms with Gasteiger partial charge in [-0.15, -0.1) is 0 Å². The number of hydrogen-bond donors (Lipinski definition) is 1. The van der Waals surface area contributed by atoms with Crippen molar-refractivity contribution >= 4 is 33.2 Å². The summed E-state index contributed by atoms with van der Waals surface area (Å²) >= 11 is 5.96. The van der Waals surface area contributed by atoms with Crippen LogP contribution in [0.3, 0.4) is 0 Å². The zero-order chi connectivity index (χ0) is 18.3. The van der Waals surface area contributed by atoms with E-state index < -0.39 is 9.84 Å². The molecule has 4 rings (SSSR count). The minimum atomic E-state index is -3.20. The van der Waals surface area contributed by atoms with E-state index >= 15 is 0 Å². The third kappa shape index (κ3) is 3.38. The molecule has 2 heterocycles. The van der Waals surface area contributed by atoms with Crippen LogP contribution >= 0.6 is 11.6 Å². The van der Waals surface area contributed by atoms with Gasteiger partial charge in [0, 0.05) is 16.5 Å². The summed E-state index contributed by atoms with van der Waals surface area (Å²) in [5.74, 6) is 0.225. The average molecular weight is 394 g/mol. The molecule has 2 aliphatic rings. The van der Waals surface area contributed by atoms with E-state index in [4.69, 9.17) is 11.6 Å². The number of fused-ring (bicyclic) bond motifs is 1. The van der Waals surface area contributed by atoms with Gasteiger partial charge in [-0.1, -0.05) is 30.9 Å². The summed E-state index contributed by atoms with van der Waals surface area (Å²) in [5.41, 5.74) is 1.85. The summed E-state index contributed by atoms with van der Waals surface area (Å²) in [7, 11) is -3.20. The minimum absolute atomic E-state index is 0.0222. The largest absolute Gasteiger partial charge is 0.310 e. The maximum Gasteiger partial charge on any atom is 0.228 e. The fourth-order valence-corrected chi connectivity index (χ4v) is 5.34. The van der Waals surface area contributed by atoms with Crippen molar-refractivity contribution in [2.45, 2.75) is 43.6 Å². The average Bonchev–Trinajstić information content (AvgIpc) is 3.09. The number of sulfone groups is 1. The number of benzene rings is 1. The molecule has 0 spiro atoms. The van der Waals surface area contributed by atoms with Crippen LogP contribution in [0.2, 0.25) is 5.02 Å². The van der Waals surface area contributed by atoms with Crippen molar-refractivity contribution in [2.24, 2.45) is 5.92 Å². The van der Waals surface area contributed by atoms with Crippen LogP contribution in [0.5, 0.6) is 0 Å². The lowest BCUT2D eigenvalue weighted by molar-refractivity contribution is -0.120. The number of nitrogens with one attached hydrogen (secondary N) is 1. The zero-order valence-electron chi connectivity index (χ0n) is 14.2. The van der Waals surface area contributed by atoms with Gasteiger partial charge in [0.2, 0.25) is 5.91 Å². The second-order valence-corrected chi connectivity index (χ2v) is 9.52. The van der Waals surface area contributed by atoms with E-state index in [9.17, 15) is 13.2 Å². The molecule has 1 aliphatic carbocycles. The molecule has 1 aromatic heterocycles. The number of halogens is 1. The number of hydrogen-bond acceptors (Lipinski definition) is 4. The second-order valence-electron chi connectivity index (χ2n) is 7.02. The van der Waals surface area contributed by atoms with Gasteiger partial charge in [0.15, 0.2) is 9.84 Å². The van der Waals surface area contributed by atoms with Gasteiger partial charge in [0.1, 0.15) is 5.82 Å². The Morgan fingerprint density at radius 1 is 1.12 bits per heavy atom. The van der Waals surface area contributed by atoms with Crippen LogP contribution in [0.1, 0.15) is 43.4 Å². The molecule has 6 nitrogen and oxygen atoms in total. The van der Waals surface area contributed by atoms with Crippen molar-refractivity contribution in [1.82, 2.24) is 9.78 Å². The van der Waals surface area contributed by atoms with E-state index in [2.05, 4.69) is 10.4 Å². The summed E-state index contributed by atoms with van der Waals surface area (Å²) in [4.78, 5) is 12.7. The van der Waals surface area contributed by atoms with E-state index in [0.29, 0.717) is 22.1 Å². The maximum atomic E-state index is 12.7. The number of nitrogens with zero attached hydrogens (tertiary/aromatic N) is 2. The Labute approximate surface area is 157 Å². The van der Waals surface area contributed by atoms with Gasteiger partial charge in [-0.05, 0) is 37.1 Å². The molecule has 1 N–H and O–H groups in total. The second kappa shape index (κ2) is 6.70. The Kier molecular flexibility index (Phi) is 4.52. The summed E-state index contributed by atoms with van der Waals surface area (Å²) in [6.07, 6.45) is 5.03. The number of anilines is 1. The van der Waals surface area contributed by atoms with E-state index in [1.807, 2.05) is 0 Å². The number of amides is 1. The van der Waals surface area contributed by atoms with Gasteiger partial charge >= 0.3 is 0 Å². The molecule has 1 fully saturated rings. The number of carbonyl (C=O) groups is 1. The molecule has 0 bridgehead atoms. The summed E-state index contributed by atoms with van der Waals surface area (Å²) < 4.78 is 25.6. The molecule has 1 amide bonds. The van der Waals surface area contributed by atoms with Crippen molar-refractivity contribution in [2.75, 3.05) is 5.32 Å². The SMILES string of the molecule is O=C(Nc1c2c(nn1-c1ccc(Cl)cc1)CS(=O)(=O)C2)C1CCCCC1. The Morgan fingerprint density at radius 3 is 2.50 bits per heavy atom. The van der Waals surface area contributed by atoms with Crippen molar-refractivity contribution in [3.63, 3.8) is 0 Å². The normalized spacial score (nSPS) is 19.3. The minimum Gasteiger partial charge on any atom is -0.310 e. The highest BCUT2D eigenvalue weighted by Gasteiger charge is 2.34. The van der Waals surface area contributed by atoms with Gasteiger partial charge in [-0.25, -0.2) is 13.1 Å². The van der Waals surface area contributed by atoms with Crippen molar-refractivity contribution in [3.8, 4) is 5.69 Å². The van der Waals surface area contributed by atoms with Crippen LogP contribution in [0.15, 0.2) is 24.3 Å². The Bertz CT molecular complexity index is 945. The van der Waals surface area contributed by atoms with E-state index in [0.717, 1.165) is 31.4 Å². The first-order valence-electron chi connectivity index (χ1n) is 8.81. The van der Waals surface area contributed by atoms with Gasteiger partial charge in [-0.2, -0.15) is 5.10 Å². The smallest absolute Gasteiger partial charge is 0.228 e. The van der Waals surface area contributed by atoms with Gasteiger partial charge in [0.05, 0.1) is 22.9 Å². The van der Waals surface area contributed by atoms with Gasteiger partial charge in [-0.3, -0.25) is 4.79 Å². The number of carbonyl (C=O) groups excluding carboxylic acids is 1. The number of rotatable bonds is 3. The molecule has 2 aromatic rings. The monoisotopic (exact) mass is 393 g/mol. The zero-order valence-corrected chi connectivity index (χ0v) is 15.8. The third-order valence-corrected chi connectivity index (χ3v) is 6.77. The van der Waals surface area contributed by atoms with Crippen LogP contribution in [0.25, 0.3) is 5.69 Å². The Balaban J connectivity index is 1.71. The molecule has 1 saturated carbocycles. The van der Waals surface area contributed by atoms with E-state index in [-0.39, 0.29) is 23.3 Å². The first-order chi connectivity index (χ1) is 12.4. The molecular formula is C18H20ClN3O3S. The quantitative estimate of drug-likeness (QED) is 0.865. The van der Waals surface area contributed by atoms with Crippen LogP contribution in [0.4, 0.5) is 5.82 Å². The van der Waals surface area contributed by atoms with Crippen LogP contribution in [-0.4, -0.2) is 24.1 Å². The van der Waals surface area contributed by atoms with E-state index in [1.54, 1.807) is 28.9 Å². The first-order valence-corrected chi connectivity index (χ1v) is 11.0. The first kappa shape index (κ1) is 17.5. The van der Waals surface area contributed by atoms with Crippen LogP contribution in [-0.2, 0) is 26.1 Å². The predicted octanol–water partition coefficient (Wildman–Crippen LogP) is 3.47. The van der Waals surface area contributed by atoms with Crippen LogP contribution < -0.4 is 5.32 Å². The Morgan fingerprint density at radius 2 is 1.81 bits per heavy atom. The summed E-state index contributed by atoms with van der Waals surface area (Å²) in [6.45, 7) is 0. The molecule has 0 atom stereocenters. The molecule has 8 heteroatoms. The van der Waals surface area contributed by atoms with Gasteiger partial charge in [0.25, 0.3) is 0 Å². The highest BCUT2D eigenvalue weighted by atomic mass is 35.5. The van der Waals surface area contributed by atoms with Crippen molar-refractivity contribution in [1.29, 1.82) is 0 Å². The maximum absolute atomic E-state index is 12.7. The van der Waals surface area contributed by atoms with Gasteiger partial charge < -0.3 is 5.32 Å². The fourth-order valence-electron chi connectivity index (χ4n) is 3.72. The predicted molar refractivity (Wildman–Crippen MR) is 100 cm³/mol. The lowest BCUT2D eigenvalue weighted by atomic mass is 9.88. The van der Waals surface area contributed by atoms with Crippen LogP contribution in [0, 0.1) is 5.92 Å². The van der Waals surface area contributed by atoms with Crippen molar-refractivity contribution < 1.29 is 13.2 Å². The fraction of sp³-hybridized carbons (Fsp3) is 0.444. The molecule has 0 saturated heterocycles. The molecule has 1 aromatic carbocycles. The molecule has 1 aliphatic heterocycles. The van der Waals surface area contributed by atoms with Crippen molar-refractivity contribution in [3.05, 3.63) is 40.5 Å². The van der Waals surface area contributed by atoms with E-state index in [1.165, 1.54) is 6.42 Å². The highest BCUT2D eigenvalue weighted by molar-refractivity contribution is 7.90. The summed E-state index contributed by atoms with van der Waals surface area (Å²) in [5, 5.41) is 8.04. The molecule has 26 heavy (non-hydrogen) atoms. The standard InChI is InChI=1S/C18H20ClN3O3S/c19-13-6-8-14(9-7-13)22-17(15-10-26(24,25)11-16(15)21-22)20-18(23)12-4-2-1-3-5-12/h6-9,12H,1-5,10-11H2,(H,20,23). The Hall–Kier alpha value is -1.86. The lowest BCUT2D eigenvalue weighted by Gasteiger charge is -2.21. The lowest BCUT2D eigenvalue weighted by Crippen LogP contribution is -2.26. The molecule has 0 unspecified atom stereocenters. The number of aromatic nitrogens is 2.